The Balaban J connectivity index is 1.33. The topological polar surface area (TPSA) is 108 Å². The molecule has 5 rings (SSSR count). The minimum absolute atomic E-state index is 0.121. The minimum Gasteiger partial charge on any atom is -0.311 e. The van der Waals surface area contributed by atoms with Gasteiger partial charge in [-0.05, 0) is 56.7 Å². The molecule has 1 aliphatic carbocycles. The normalized spacial score (nSPS) is 27.8. The van der Waals surface area contributed by atoms with E-state index in [4.69, 9.17) is 0 Å². The molecule has 2 unspecified atom stereocenters. The van der Waals surface area contributed by atoms with Crippen LogP contribution in [0.1, 0.15) is 71.2 Å². The van der Waals surface area contributed by atoms with Gasteiger partial charge in [-0.25, -0.2) is 0 Å². The third-order valence-corrected chi connectivity index (χ3v) is 7.08. The molecular weight excluding hydrogens is 384 g/mol. The van der Waals surface area contributed by atoms with Crippen LogP contribution in [0.3, 0.4) is 0 Å². The smallest absolute Gasteiger partial charge is 0.262 e. The lowest BCUT2D eigenvalue weighted by Gasteiger charge is -2.48. The number of piperidine rings is 2. The number of nitrogens with zero attached hydrogens (tertiary/aromatic N) is 1. The molecule has 2 saturated heterocycles. The molecule has 8 nitrogen and oxygen atoms in total. The first-order valence-electron chi connectivity index (χ1n) is 10.8. The van der Waals surface area contributed by atoms with Gasteiger partial charge >= 0.3 is 0 Å². The average molecular weight is 410 g/mol. The largest absolute Gasteiger partial charge is 0.311 e. The molecule has 3 fully saturated rings. The Morgan fingerprint density at radius 3 is 2.67 bits per heavy atom. The number of benzene rings is 1. The summed E-state index contributed by atoms with van der Waals surface area (Å²) in [6, 6.07) is 4.73. The van der Waals surface area contributed by atoms with Gasteiger partial charge in [0.25, 0.3) is 11.8 Å². The van der Waals surface area contributed by atoms with Gasteiger partial charge in [-0.1, -0.05) is 12.1 Å². The Labute approximate surface area is 174 Å². The maximum atomic E-state index is 13.2. The highest BCUT2D eigenvalue weighted by atomic mass is 16.2. The van der Waals surface area contributed by atoms with Crippen molar-refractivity contribution in [3.05, 3.63) is 34.9 Å². The zero-order valence-corrected chi connectivity index (χ0v) is 16.8. The predicted molar refractivity (Wildman–Crippen MR) is 108 cm³/mol. The van der Waals surface area contributed by atoms with E-state index < -0.39 is 23.8 Å². The van der Waals surface area contributed by atoms with Gasteiger partial charge in [-0.15, -0.1) is 0 Å². The molecule has 158 valence electrons. The minimum atomic E-state index is -0.932. The third-order valence-electron chi connectivity index (χ3n) is 7.08. The molecule has 1 aromatic rings. The number of imide groups is 2. The third kappa shape index (κ3) is 3.15. The zero-order valence-electron chi connectivity index (χ0n) is 16.8. The lowest BCUT2D eigenvalue weighted by molar-refractivity contribution is -0.136. The van der Waals surface area contributed by atoms with Crippen molar-refractivity contribution in [2.45, 2.75) is 69.1 Å². The Bertz CT molecular complexity index is 939. The number of carbonyl (C=O) groups is 4. The van der Waals surface area contributed by atoms with Crippen LogP contribution in [0, 0.1) is 0 Å². The summed E-state index contributed by atoms with van der Waals surface area (Å²) in [5.74, 6) is -1.85. The molecule has 0 radical (unpaired) electrons. The van der Waals surface area contributed by atoms with Crippen molar-refractivity contribution in [1.29, 1.82) is 0 Å². The number of hydrogen-bond acceptors (Lipinski definition) is 6. The van der Waals surface area contributed by atoms with Gasteiger partial charge in [0.05, 0.1) is 11.1 Å². The van der Waals surface area contributed by atoms with E-state index in [9.17, 15) is 19.2 Å². The van der Waals surface area contributed by atoms with Crippen LogP contribution in [0.2, 0.25) is 0 Å². The SMILES string of the molecule is O=C1CCC(N2C(=O)c3cccc(CNC4CCNC5(CCC5)C4)c3C2=O)C(=O)N1. The summed E-state index contributed by atoms with van der Waals surface area (Å²) in [5.41, 5.74) is 1.78. The number of nitrogens with one attached hydrogen (secondary N) is 3. The van der Waals surface area contributed by atoms with Crippen LogP contribution in [0.15, 0.2) is 18.2 Å². The maximum Gasteiger partial charge on any atom is 0.262 e. The molecule has 1 aromatic carbocycles. The molecule has 1 spiro atoms. The fourth-order valence-corrected chi connectivity index (χ4v) is 5.30. The van der Waals surface area contributed by atoms with Crippen LogP contribution in [-0.4, -0.2) is 52.7 Å². The molecular formula is C22H26N4O4. The second-order valence-corrected chi connectivity index (χ2v) is 8.92. The molecule has 4 amide bonds. The molecule has 3 aliphatic heterocycles. The van der Waals surface area contributed by atoms with Crippen molar-refractivity contribution < 1.29 is 19.2 Å². The summed E-state index contributed by atoms with van der Waals surface area (Å²) in [6.45, 7) is 1.50. The number of hydrogen-bond donors (Lipinski definition) is 3. The van der Waals surface area contributed by atoms with E-state index in [2.05, 4.69) is 16.0 Å². The molecule has 3 heterocycles. The standard InChI is InChI=1S/C22H26N4O4/c27-17-6-5-16(19(28)25-17)26-20(29)15-4-1-3-13(18(15)21(26)30)12-23-14-7-10-24-22(11-14)8-2-9-22/h1,3-4,14,16,23-24H,2,5-12H2,(H,25,27,28). The van der Waals surface area contributed by atoms with Gasteiger partial charge in [0.1, 0.15) is 6.04 Å². The molecule has 8 heteroatoms. The summed E-state index contributed by atoms with van der Waals surface area (Å²) in [5, 5.41) is 9.48. The molecule has 3 N–H and O–H groups in total. The summed E-state index contributed by atoms with van der Waals surface area (Å²) in [4.78, 5) is 50.8. The Morgan fingerprint density at radius 1 is 1.10 bits per heavy atom. The van der Waals surface area contributed by atoms with E-state index in [0.717, 1.165) is 29.8 Å². The molecule has 4 aliphatic rings. The highest BCUT2D eigenvalue weighted by Crippen LogP contribution is 2.38. The highest BCUT2D eigenvalue weighted by molar-refractivity contribution is 6.24. The molecule has 30 heavy (non-hydrogen) atoms. The summed E-state index contributed by atoms with van der Waals surface area (Å²) >= 11 is 0. The van der Waals surface area contributed by atoms with Crippen molar-refractivity contribution in [3.8, 4) is 0 Å². The number of rotatable bonds is 4. The maximum absolute atomic E-state index is 13.2. The van der Waals surface area contributed by atoms with Crippen LogP contribution in [-0.2, 0) is 16.1 Å². The van der Waals surface area contributed by atoms with Crippen molar-refractivity contribution in [2.24, 2.45) is 0 Å². The van der Waals surface area contributed by atoms with Crippen LogP contribution < -0.4 is 16.0 Å². The lowest BCUT2D eigenvalue weighted by atomic mass is 9.70. The van der Waals surface area contributed by atoms with Crippen molar-refractivity contribution in [3.63, 3.8) is 0 Å². The highest BCUT2D eigenvalue weighted by Gasteiger charge is 2.45. The molecule has 0 bridgehead atoms. The molecule has 0 aromatic heterocycles. The van der Waals surface area contributed by atoms with Crippen LogP contribution >= 0.6 is 0 Å². The predicted octanol–water partition coefficient (Wildman–Crippen LogP) is 0.852. The van der Waals surface area contributed by atoms with Crippen LogP contribution in [0.5, 0.6) is 0 Å². The summed E-state index contributed by atoms with van der Waals surface area (Å²) in [7, 11) is 0. The van der Waals surface area contributed by atoms with Gasteiger partial charge in [-0.3, -0.25) is 29.4 Å². The molecule has 2 atom stereocenters. The van der Waals surface area contributed by atoms with Crippen molar-refractivity contribution >= 4 is 23.6 Å². The second-order valence-electron chi connectivity index (χ2n) is 8.92. The first-order chi connectivity index (χ1) is 14.5. The van der Waals surface area contributed by atoms with E-state index in [-0.39, 0.29) is 24.3 Å². The van der Waals surface area contributed by atoms with Crippen LogP contribution in [0.4, 0.5) is 0 Å². The number of carbonyl (C=O) groups excluding carboxylic acids is 4. The van der Waals surface area contributed by atoms with E-state index in [1.807, 2.05) is 6.07 Å². The van der Waals surface area contributed by atoms with Crippen molar-refractivity contribution in [1.82, 2.24) is 20.9 Å². The number of fused-ring (bicyclic) bond motifs is 1. The quantitative estimate of drug-likeness (QED) is 0.636. The van der Waals surface area contributed by atoms with Gasteiger partial charge in [-0.2, -0.15) is 0 Å². The van der Waals surface area contributed by atoms with Crippen LogP contribution in [0.25, 0.3) is 0 Å². The Morgan fingerprint density at radius 2 is 1.93 bits per heavy atom. The Kier molecular flexibility index (Phi) is 4.71. The van der Waals surface area contributed by atoms with E-state index >= 15 is 0 Å². The van der Waals surface area contributed by atoms with Gasteiger partial charge < -0.3 is 10.6 Å². The van der Waals surface area contributed by atoms with E-state index in [1.165, 1.54) is 19.3 Å². The van der Waals surface area contributed by atoms with Gasteiger partial charge in [0.15, 0.2) is 0 Å². The second kappa shape index (κ2) is 7.28. The van der Waals surface area contributed by atoms with Crippen molar-refractivity contribution in [2.75, 3.05) is 6.54 Å². The zero-order chi connectivity index (χ0) is 20.9. The van der Waals surface area contributed by atoms with Gasteiger partial charge in [0.2, 0.25) is 11.8 Å². The van der Waals surface area contributed by atoms with E-state index in [1.54, 1.807) is 12.1 Å². The first kappa shape index (κ1) is 19.4. The summed E-state index contributed by atoms with van der Waals surface area (Å²) in [6.07, 6.45) is 6.12. The summed E-state index contributed by atoms with van der Waals surface area (Å²) < 4.78 is 0. The fraction of sp³-hybridized carbons (Fsp3) is 0.545. The monoisotopic (exact) mass is 410 g/mol. The lowest BCUT2D eigenvalue weighted by Crippen LogP contribution is -2.59. The molecule has 1 saturated carbocycles. The number of amides is 4. The fourth-order valence-electron chi connectivity index (χ4n) is 5.30. The Hall–Kier alpha value is -2.58. The first-order valence-corrected chi connectivity index (χ1v) is 10.8. The van der Waals surface area contributed by atoms with E-state index in [0.29, 0.717) is 23.7 Å². The average Bonchev–Trinajstić information content (AvgIpc) is 2.97. The van der Waals surface area contributed by atoms with Gasteiger partial charge in [0, 0.05) is 24.5 Å².